The third-order valence-corrected chi connectivity index (χ3v) is 1.61. The monoisotopic (exact) mass is 185 g/mol. The molecule has 2 nitrogen and oxygen atoms in total. The van der Waals surface area contributed by atoms with Crippen LogP contribution in [0.2, 0.25) is 0 Å². The Bertz CT molecular complexity index is 399. The minimum absolute atomic E-state index is 0.151. The molecule has 0 aliphatic carbocycles. The molecule has 0 saturated heterocycles. The first-order valence-electron chi connectivity index (χ1n) is 4.26. The van der Waals surface area contributed by atoms with E-state index < -0.39 is 0 Å². The quantitative estimate of drug-likeness (QED) is 0.555. The summed E-state index contributed by atoms with van der Waals surface area (Å²) in [6.07, 6.45) is 8.37. The maximum Gasteiger partial charge on any atom is 0.248 e. The number of hydrogen-bond acceptors (Lipinski definition) is 1. The van der Waals surface area contributed by atoms with E-state index in [-0.39, 0.29) is 5.91 Å². The van der Waals surface area contributed by atoms with Crippen LogP contribution in [0.4, 0.5) is 5.69 Å². The van der Waals surface area contributed by atoms with Crippen LogP contribution in [0, 0.1) is 12.3 Å². The van der Waals surface area contributed by atoms with Gasteiger partial charge in [0.25, 0.3) is 0 Å². The van der Waals surface area contributed by atoms with E-state index >= 15 is 0 Å². The Labute approximate surface area is 83.6 Å². The van der Waals surface area contributed by atoms with E-state index in [0.717, 1.165) is 5.56 Å². The van der Waals surface area contributed by atoms with Gasteiger partial charge in [0.15, 0.2) is 0 Å². The molecular formula is C12H11NO. The van der Waals surface area contributed by atoms with Crippen molar-refractivity contribution in [2.24, 2.45) is 0 Å². The van der Waals surface area contributed by atoms with E-state index in [1.807, 2.05) is 6.07 Å². The molecule has 1 aromatic carbocycles. The van der Waals surface area contributed by atoms with Crippen LogP contribution in [0.25, 0.3) is 0 Å². The van der Waals surface area contributed by atoms with Gasteiger partial charge in [0.1, 0.15) is 0 Å². The van der Waals surface area contributed by atoms with E-state index in [4.69, 9.17) is 6.42 Å². The maximum atomic E-state index is 11.2. The van der Waals surface area contributed by atoms with E-state index in [1.165, 1.54) is 6.08 Å². The maximum absolute atomic E-state index is 11.2. The molecule has 0 heterocycles. The molecule has 0 aliphatic rings. The smallest absolute Gasteiger partial charge is 0.248 e. The highest BCUT2D eigenvalue weighted by molar-refractivity contribution is 5.99. The van der Waals surface area contributed by atoms with Crippen molar-refractivity contribution in [3.05, 3.63) is 42.0 Å². The molecule has 0 fully saturated rings. The van der Waals surface area contributed by atoms with Crippen molar-refractivity contribution in [3.8, 4) is 12.3 Å². The van der Waals surface area contributed by atoms with Crippen LogP contribution in [0.3, 0.4) is 0 Å². The standard InChI is InChI=1S/C12H11NO/c1-3-6-12(14)13-11-8-5-7-10(4-2)9-11/h2-3,5-9H,1H3,(H,13,14)/b6-3+. The van der Waals surface area contributed by atoms with Crippen molar-refractivity contribution >= 4 is 11.6 Å². The first-order chi connectivity index (χ1) is 6.76. The van der Waals surface area contributed by atoms with Gasteiger partial charge in [-0.3, -0.25) is 4.79 Å². The fraction of sp³-hybridized carbons (Fsp3) is 0.0833. The Morgan fingerprint density at radius 3 is 3.00 bits per heavy atom. The molecule has 0 saturated carbocycles. The Morgan fingerprint density at radius 1 is 1.57 bits per heavy atom. The molecule has 0 radical (unpaired) electrons. The van der Waals surface area contributed by atoms with Crippen LogP contribution < -0.4 is 5.32 Å². The first kappa shape index (κ1) is 10.1. The summed E-state index contributed by atoms with van der Waals surface area (Å²) in [6.45, 7) is 1.79. The molecule has 1 N–H and O–H groups in total. The predicted molar refractivity (Wildman–Crippen MR) is 57.8 cm³/mol. The fourth-order valence-corrected chi connectivity index (χ4v) is 1.02. The van der Waals surface area contributed by atoms with Crippen LogP contribution >= 0.6 is 0 Å². The van der Waals surface area contributed by atoms with Crippen LogP contribution in [0.5, 0.6) is 0 Å². The molecular weight excluding hydrogens is 174 g/mol. The van der Waals surface area contributed by atoms with Crippen molar-refractivity contribution < 1.29 is 4.79 Å². The number of anilines is 1. The predicted octanol–water partition coefficient (Wildman–Crippen LogP) is 2.18. The van der Waals surface area contributed by atoms with Gasteiger partial charge in [-0.25, -0.2) is 0 Å². The summed E-state index contributed by atoms with van der Waals surface area (Å²) in [5, 5.41) is 2.70. The second-order valence-corrected chi connectivity index (χ2v) is 2.71. The van der Waals surface area contributed by atoms with Gasteiger partial charge in [-0.05, 0) is 31.2 Å². The van der Waals surface area contributed by atoms with Gasteiger partial charge in [0.2, 0.25) is 5.91 Å². The lowest BCUT2D eigenvalue weighted by Crippen LogP contribution is -2.07. The zero-order chi connectivity index (χ0) is 10.4. The van der Waals surface area contributed by atoms with Gasteiger partial charge in [-0.1, -0.05) is 18.1 Å². The number of carbonyl (C=O) groups is 1. The van der Waals surface area contributed by atoms with Crippen molar-refractivity contribution in [2.75, 3.05) is 5.32 Å². The average molecular weight is 185 g/mol. The number of hydrogen-bond donors (Lipinski definition) is 1. The molecule has 0 aliphatic heterocycles. The molecule has 0 unspecified atom stereocenters. The third-order valence-electron chi connectivity index (χ3n) is 1.61. The number of rotatable bonds is 2. The normalized spacial score (nSPS) is 9.71. The van der Waals surface area contributed by atoms with Crippen molar-refractivity contribution in [2.45, 2.75) is 6.92 Å². The minimum atomic E-state index is -0.151. The second kappa shape index (κ2) is 4.88. The third kappa shape index (κ3) is 2.80. The lowest BCUT2D eigenvalue weighted by Gasteiger charge is -2.01. The van der Waals surface area contributed by atoms with Crippen LogP contribution in [0.15, 0.2) is 36.4 Å². The topological polar surface area (TPSA) is 29.1 Å². The zero-order valence-electron chi connectivity index (χ0n) is 7.95. The number of nitrogens with one attached hydrogen (secondary N) is 1. The highest BCUT2D eigenvalue weighted by Crippen LogP contribution is 2.09. The van der Waals surface area contributed by atoms with Gasteiger partial charge in [-0.2, -0.15) is 0 Å². The summed E-state index contributed by atoms with van der Waals surface area (Å²) in [5.41, 5.74) is 1.46. The van der Waals surface area contributed by atoms with Crippen LogP contribution in [0.1, 0.15) is 12.5 Å². The summed E-state index contributed by atoms with van der Waals surface area (Å²) in [7, 11) is 0. The fourth-order valence-electron chi connectivity index (χ4n) is 1.02. The van der Waals surface area contributed by atoms with Crippen LogP contribution in [-0.4, -0.2) is 5.91 Å². The Kier molecular flexibility index (Phi) is 3.51. The Hall–Kier alpha value is -2.01. The van der Waals surface area contributed by atoms with Crippen LogP contribution in [-0.2, 0) is 4.79 Å². The highest BCUT2D eigenvalue weighted by atomic mass is 16.1. The second-order valence-electron chi connectivity index (χ2n) is 2.71. The van der Waals surface area contributed by atoms with Gasteiger partial charge >= 0.3 is 0 Å². The summed E-state index contributed by atoms with van der Waals surface area (Å²) in [6, 6.07) is 7.16. The number of carbonyl (C=O) groups excluding carboxylic acids is 1. The van der Waals surface area contributed by atoms with Crippen molar-refractivity contribution in [1.29, 1.82) is 0 Å². The molecule has 1 aromatic rings. The molecule has 0 atom stereocenters. The van der Waals surface area contributed by atoms with E-state index in [9.17, 15) is 4.79 Å². The van der Waals surface area contributed by atoms with Gasteiger partial charge < -0.3 is 5.32 Å². The number of allylic oxidation sites excluding steroid dienone is 1. The number of terminal acetylenes is 1. The molecule has 0 spiro atoms. The van der Waals surface area contributed by atoms with E-state index in [1.54, 1.807) is 31.2 Å². The molecule has 0 bridgehead atoms. The number of amides is 1. The molecule has 2 heteroatoms. The SMILES string of the molecule is C#Cc1cccc(NC(=O)/C=C/C)c1. The summed E-state index contributed by atoms with van der Waals surface area (Å²) in [4.78, 5) is 11.2. The number of benzene rings is 1. The lowest BCUT2D eigenvalue weighted by atomic mass is 10.2. The summed E-state index contributed by atoms with van der Waals surface area (Å²) >= 11 is 0. The molecule has 70 valence electrons. The van der Waals surface area contributed by atoms with Gasteiger partial charge in [-0.15, -0.1) is 6.42 Å². The molecule has 1 rings (SSSR count). The highest BCUT2D eigenvalue weighted by Gasteiger charge is 1.96. The minimum Gasteiger partial charge on any atom is -0.322 e. The molecule has 1 amide bonds. The summed E-state index contributed by atoms with van der Waals surface area (Å²) in [5.74, 6) is 2.35. The lowest BCUT2D eigenvalue weighted by molar-refractivity contribution is -0.111. The Morgan fingerprint density at radius 2 is 2.36 bits per heavy atom. The van der Waals surface area contributed by atoms with Gasteiger partial charge in [0.05, 0.1) is 0 Å². The van der Waals surface area contributed by atoms with Crippen molar-refractivity contribution in [1.82, 2.24) is 0 Å². The first-order valence-corrected chi connectivity index (χ1v) is 4.26. The largest absolute Gasteiger partial charge is 0.322 e. The van der Waals surface area contributed by atoms with Gasteiger partial charge in [0, 0.05) is 11.3 Å². The molecule has 0 aromatic heterocycles. The average Bonchev–Trinajstić information content (AvgIpc) is 2.18. The summed E-state index contributed by atoms with van der Waals surface area (Å²) < 4.78 is 0. The van der Waals surface area contributed by atoms with E-state index in [2.05, 4.69) is 11.2 Å². The molecule has 14 heavy (non-hydrogen) atoms. The Balaban J connectivity index is 2.78. The van der Waals surface area contributed by atoms with E-state index in [0.29, 0.717) is 5.69 Å². The van der Waals surface area contributed by atoms with Crippen molar-refractivity contribution in [3.63, 3.8) is 0 Å². The zero-order valence-corrected chi connectivity index (χ0v) is 7.95.